The van der Waals surface area contributed by atoms with E-state index in [0.29, 0.717) is 0 Å². The lowest BCUT2D eigenvalue weighted by atomic mass is 10.0. The summed E-state index contributed by atoms with van der Waals surface area (Å²) < 4.78 is 0. The minimum Gasteiger partial charge on any atom is -0.368 e. The number of rotatable bonds is 2. The Morgan fingerprint density at radius 1 is 0.818 bits per heavy atom. The third kappa shape index (κ3) is 4.55. The van der Waals surface area contributed by atoms with E-state index in [4.69, 9.17) is 0 Å². The Hall–Kier alpha value is -3.43. The summed E-state index contributed by atoms with van der Waals surface area (Å²) in [5.41, 5.74) is 4.96. The Morgan fingerprint density at radius 2 is 1.55 bits per heavy atom. The molecule has 0 amide bonds. The lowest BCUT2D eigenvalue weighted by Crippen LogP contribution is -2.00. The highest BCUT2D eigenvalue weighted by Crippen LogP contribution is 2.49. The maximum atomic E-state index is 3.73. The van der Waals surface area contributed by atoms with Gasteiger partial charge in [0.15, 0.2) is 0 Å². The number of nitrogens with one attached hydrogen (secondary N) is 2. The Labute approximate surface area is 200 Å². The van der Waals surface area contributed by atoms with Crippen LogP contribution in [0.4, 0.5) is 5.69 Å². The van der Waals surface area contributed by atoms with Crippen LogP contribution >= 0.6 is 11.8 Å². The molecule has 0 fully saturated rings. The fourth-order valence-corrected chi connectivity index (χ4v) is 5.25. The number of aromatic nitrogens is 1. The minimum absolute atomic E-state index is 0.272. The van der Waals surface area contributed by atoms with Crippen LogP contribution in [0.25, 0.3) is 32.8 Å². The maximum absolute atomic E-state index is 3.73. The van der Waals surface area contributed by atoms with Crippen molar-refractivity contribution in [2.75, 3.05) is 5.32 Å². The van der Waals surface area contributed by atoms with Crippen LogP contribution in [0.3, 0.4) is 0 Å². The van der Waals surface area contributed by atoms with Crippen LogP contribution in [0.5, 0.6) is 0 Å². The van der Waals surface area contributed by atoms with E-state index in [1.165, 1.54) is 48.9 Å². The molecule has 2 nitrogen and oxygen atoms in total. The number of benzene rings is 4. The first-order valence-corrected chi connectivity index (χ1v) is 12.3. The van der Waals surface area contributed by atoms with Crippen molar-refractivity contribution in [1.82, 2.24) is 4.98 Å². The van der Waals surface area contributed by atoms with Gasteiger partial charge in [-0.05, 0) is 41.0 Å². The molecule has 1 atom stereocenters. The van der Waals surface area contributed by atoms with Gasteiger partial charge in [0.25, 0.3) is 0 Å². The normalized spacial score (nSPS) is 13.8. The Balaban J connectivity index is 0.000000482. The van der Waals surface area contributed by atoms with Crippen molar-refractivity contribution >= 4 is 39.0 Å². The van der Waals surface area contributed by atoms with Crippen LogP contribution in [0.1, 0.15) is 31.7 Å². The number of hydrogen-bond donors (Lipinski definition) is 2. The second-order valence-corrected chi connectivity index (χ2v) is 8.73. The smallest absolute Gasteiger partial charge is 0.103 e. The van der Waals surface area contributed by atoms with Crippen molar-refractivity contribution < 1.29 is 0 Å². The van der Waals surface area contributed by atoms with E-state index in [-0.39, 0.29) is 5.37 Å². The summed E-state index contributed by atoms with van der Waals surface area (Å²) in [5, 5.41) is 9.06. The van der Waals surface area contributed by atoms with E-state index in [9.17, 15) is 0 Å². The van der Waals surface area contributed by atoms with Gasteiger partial charge in [-0.2, -0.15) is 0 Å². The highest BCUT2D eigenvalue weighted by molar-refractivity contribution is 8.00. The van der Waals surface area contributed by atoms with E-state index in [1.54, 1.807) is 6.08 Å². The van der Waals surface area contributed by atoms with E-state index >= 15 is 0 Å². The van der Waals surface area contributed by atoms with E-state index < -0.39 is 0 Å². The average Bonchev–Trinajstić information content (AvgIpc) is 3.51. The van der Waals surface area contributed by atoms with E-state index in [0.717, 1.165) is 0 Å². The topological polar surface area (TPSA) is 27.8 Å². The van der Waals surface area contributed by atoms with Crippen molar-refractivity contribution in [3.63, 3.8) is 0 Å². The monoisotopic (exact) mass is 450 g/mol. The third-order valence-corrected chi connectivity index (χ3v) is 6.71. The second kappa shape index (κ2) is 10.5. The number of thioether (sulfide) groups is 1. The molecule has 0 bridgehead atoms. The van der Waals surface area contributed by atoms with Gasteiger partial charge in [-0.25, -0.2) is 0 Å². The quantitative estimate of drug-likeness (QED) is 0.262. The predicted molar refractivity (Wildman–Crippen MR) is 147 cm³/mol. The second-order valence-electron chi connectivity index (χ2n) is 7.59. The highest BCUT2D eigenvalue weighted by Gasteiger charge is 2.24. The lowest BCUT2D eigenvalue weighted by molar-refractivity contribution is 1.14. The van der Waals surface area contributed by atoms with Gasteiger partial charge in [0.1, 0.15) is 5.37 Å². The predicted octanol–water partition coefficient (Wildman–Crippen LogP) is 9.42. The summed E-state index contributed by atoms with van der Waals surface area (Å²) >= 11 is 1.89. The van der Waals surface area contributed by atoms with Crippen molar-refractivity contribution in [3.8, 4) is 11.3 Å². The van der Waals surface area contributed by atoms with Gasteiger partial charge in [0.05, 0.1) is 11.4 Å². The number of allylic oxidation sites excluding steroid dienone is 1. The number of hydrogen-bond acceptors (Lipinski definition) is 2. The third-order valence-electron chi connectivity index (χ3n) is 5.49. The van der Waals surface area contributed by atoms with Gasteiger partial charge in [0, 0.05) is 21.9 Å². The maximum Gasteiger partial charge on any atom is 0.103 e. The fraction of sp³-hybridized carbons (Fsp3) is 0.133. The molecule has 0 saturated carbocycles. The SMILES string of the molecule is C=CC.CC.c1ccc(C2Nc3c(ccc4cc(-c5[nH]cc6ccccc56)ccc34)S2)cc1. The van der Waals surface area contributed by atoms with Crippen LogP contribution in [-0.2, 0) is 0 Å². The van der Waals surface area contributed by atoms with Crippen LogP contribution in [0, 0.1) is 0 Å². The zero-order valence-corrected chi connectivity index (χ0v) is 20.2. The van der Waals surface area contributed by atoms with Gasteiger partial charge < -0.3 is 10.3 Å². The molecular formula is C30H30N2S. The molecule has 0 saturated heterocycles. The van der Waals surface area contributed by atoms with Crippen molar-refractivity contribution in [3.05, 3.63) is 109 Å². The van der Waals surface area contributed by atoms with Gasteiger partial charge in [-0.1, -0.05) is 104 Å². The zero-order chi connectivity index (χ0) is 23.2. The standard InChI is InChI=1S/C25H18N2S.C3H6.C2H6/c1-2-6-16(7-3-1)25-27-24-21-12-10-18(14-17(21)11-13-22(24)28-25)23-20-9-5-4-8-19(20)15-26-23;1-3-2;1-2/h1-15,25-27H;3H,1H2,2H3;1-2H3. The summed E-state index contributed by atoms with van der Waals surface area (Å²) in [6.07, 6.45) is 3.83. The highest BCUT2D eigenvalue weighted by atomic mass is 32.2. The van der Waals surface area contributed by atoms with Crippen molar-refractivity contribution in [2.24, 2.45) is 0 Å². The molecular weight excluding hydrogens is 420 g/mol. The summed E-state index contributed by atoms with van der Waals surface area (Å²) in [5.74, 6) is 0. The first-order chi connectivity index (χ1) is 16.3. The Morgan fingerprint density at radius 3 is 2.33 bits per heavy atom. The van der Waals surface area contributed by atoms with E-state index in [1.807, 2.05) is 32.5 Å². The number of fused-ring (bicyclic) bond motifs is 4. The molecule has 0 spiro atoms. The summed E-state index contributed by atoms with van der Waals surface area (Å²) in [6.45, 7) is 9.25. The number of anilines is 1. The van der Waals surface area contributed by atoms with Crippen LogP contribution < -0.4 is 5.32 Å². The first kappa shape index (κ1) is 22.8. The molecule has 6 rings (SSSR count). The van der Waals surface area contributed by atoms with Crippen molar-refractivity contribution in [1.29, 1.82) is 0 Å². The Kier molecular flexibility index (Phi) is 7.21. The number of H-pyrrole nitrogens is 1. The Bertz CT molecular complexity index is 1370. The van der Waals surface area contributed by atoms with Gasteiger partial charge in [0.2, 0.25) is 0 Å². The molecule has 33 heavy (non-hydrogen) atoms. The molecule has 166 valence electrons. The lowest BCUT2D eigenvalue weighted by Gasteiger charge is -2.11. The van der Waals surface area contributed by atoms with E-state index in [2.05, 4.69) is 108 Å². The molecule has 0 aliphatic carbocycles. The molecule has 1 aromatic heterocycles. The fourth-order valence-electron chi connectivity index (χ4n) is 4.10. The summed E-state index contributed by atoms with van der Waals surface area (Å²) in [7, 11) is 0. The van der Waals surface area contributed by atoms with Gasteiger partial charge in [-0.3, -0.25) is 0 Å². The molecule has 3 heteroatoms. The largest absolute Gasteiger partial charge is 0.368 e. The van der Waals surface area contributed by atoms with Gasteiger partial charge >= 0.3 is 0 Å². The molecule has 1 aliphatic heterocycles. The minimum atomic E-state index is 0.272. The molecule has 1 aliphatic rings. The molecule has 2 heterocycles. The average molecular weight is 451 g/mol. The molecule has 1 unspecified atom stereocenters. The summed E-state index contributed by atoms with van der Waals surface area (Å²) in [6, 6.07) is 30.4. The first-order valence-electron chi connectivity index (χ1n) is 11.5. The van der Waals surface area contributed by atoms with Crippen LogP contribution in [0.2, 0.25) is 0 Å². The van der Waals surface area contributed by atoms with Crippen LogP contribution in [0.15, 0.2) is 109 Å². The molecule has 2 N–H and O–H groups in total. The van der Waals surface area contributed by atoms with Gasteiger partial charge in [-0.15, -0.1) is 6.58 Å². The summed E-state index contributed by atoms with van der Waals surface area (Å²) in [4.78, 5) is 4.77. The molecule has 4 aromatic carbocycles. The number of aromatic amines is 1. The molecule has 0 radical (unpaired) electrons. The van der Waals surface area contributed by atoms with Crippen LogP contribution in [-0.4, -0.2) is 4.98 Å². The molecule has 5 aromatic rings. The zero-order valence-electron chi connectivity index (χ0n) is 19.4. The van der Waals surface area contributed by atoms with Crippen molar-refractivity contribution in [2.45, 2.75) is 31.0 Å².